The average molecular weight is 436 g/mol. The van der Waals surface area contributed by atoms with E-state index in [1.54, 1.807) is 42.9 Å². The molecule has 0 saturated heterocycles. The predicted molar refractivity (Wildman–Crippen MR) is 123 cm³/mol. The van der Waals surface area contributed by atoms with Gasteiger partial charge in [-0.2, -0.15) is 5.10 Å². The highest BCUT2D eigenvalue weighted by molar-refractivity contribution is 6.07. The molecule has 0 aliphatic heterocycles. The van der Waals surface area contributed by atoms with Crippen molar-refractivity contribution >= 4 is 17.6 Å². The summed E-state index contributed by atoms with van der Waals surface area (Å²) in [5.74, 6) is -0.0915. The van der Waals surface area contributed by atoms with E-state index >= 15 is 0 Å². The number of nitrogens with one attached hydrogen (secondary N) is 1. The van der Waals surface area contributed by atoms with Gasteiger partial charge in [-0.25, -0.2) is 4.79 Å². The molecule has 3 rings (SSSR count). The molecule has 2 aromatic carbocycles. The van der Waals surface area contributed by atoms with Crippen molar-refractivity contribution in [3.63, 3.8) is 0 Å². The van der Waals surface area contributed by atoms with E-state index in [1.165, 1.54) is 0 Å². The molecular formula is C25H29N3O4. The van der Waals surface area contributed by atoms with Gasteiger partial charge in [-0.3, -0.25) is 9.48 Å². The zero-order valence-corrected chi connectivity index (χ0v) is 19.1. The second kappa shape index (κ2) is 10.1. The number of carbonyl (C=O) groups excluding carboxylic acids is 2. The highest BCUT2D eigenvalue weighted by Crippen LogP contribution is 2.21. The van der Waals surface area contributed by atoms with Crippen molar-refractivity contribution in [3.8, 4) is 5.75 Å². The molecule has 0 aliphatic carbocycles. The Labute approximate surface area is 188 Å². The summed E-state index contributed by atoms with van der Waals surface area (Å²) < 4.78 is 12.8. The minimum absolute atomic E-state index is 0.0864. The fraction of sp³-hybridized carbons (Fsp3) is 0.320. The van der Waals surface area contributed by atoms with Crippen LogP contribution in [0.15, 0.2) is 48.7 Å². The van der Waals surface area contributed by atoms with Crippen molar-refractivity contribution in [2.24, 2.45) is 0 Å². The number of aryl methyl sites for hydroxylation is 3. The first-order chi connectivity index (χ1) is 15.3. The van der Waals surface area contributed by atoms with E-state index in [2.05, 4.69) is 10.4 Å². The summed E-state index contributed by atoms with van der Waals surface area (Å²) in [6, 6.07) is 13.3. The molecule has 0 fully saturated rings. The van der Waals surface area contributed by atoms with Crippen molar-refractivity contribution in [1.29, 1.82) is 0 Å². The Morgan fingerprint density at radius 1 is 1.12 bits per heavy atom. The van der Waals surface area contributed by atoms with Crippen LogP contribution >= 0.6 is 0 Å². The minimum atomic E-state index is -0.571. The first kappa shape index (κ1) is 23.1. The van der Waals surface area contributed by atoms with Crippen LogP contribution < -0.4 is 10.1 Å². The number of nitrogens with zero attached hydrogens (tertiary/aromatic N) is 2. The van der Waals surface area contributed by atoms with E-state index in [1.807, 2.05) is 45.0 Å². The highest BCUT2D eigenvalue weighted by Gasteiger charge is 2.21. The number of rotatable bonds is 8. The summed E-state index contributed by atoms with van der Waals surface area (Å²) in [4.78, 5) is 25.3. The molecule has 7 nitrogen and oxygen atoms in total. The van der Waals surface area contributed by atoms with Crippen LogP contribution in [0.25, 0.3) is 0 Å². The molecular weight excluding hydrogens is 406 g/mol. The van der Waals surface area contributed by atoms with Crippen LogP contribution in [-0.4, -0.2) is 27.8 Å². The summed E-state index contributed by atoms with van der Waals surface area (Å²) in [6.07, 6.45) is 1.34. The standard InChI is InChI=1S/C25H29N3O4/c1-6-28-14-21(23(27-28)25(30)32-16(2)3)26-24(29)20-9-7-8-19(13-20)15-31-22-12-17(4)10-11-18(22)5/h7-14,16H,6,15H2,1-5H3,(H,26,29). The summed E-state index contributed by atoms with van der Waals surface area (Å²) >= 11 is 0. The first-order valence-electron chi connectivity index (χ1n) is 10.7. The number of ether oxygens (including phenoxy) is 2. The number of hydrogen-bond acceptors (Lipinski definition) is 5. The molecule has 0 aliphatic rings. The van der Waals surface area contributed by atoms with E-state index in [4.69, 9.17) is 9.47 Å². The molecule has 1 heterocycles. The maximum absolute atomic E-state index is 12.9. The van der Waals surface area contributed by atoms with Gasteiger partial charge in [0.05, 0.1) is 11.8 Å². The van der Waals surface area contributed by atoms with E-state index in [0.29, 0.717) is 24.4 Å². The lowest BCUT2D eigenvalue weighted by Crippen LogP contribution is -2.17. The third-order valence-corrected chi connectivity index (χ3v) is 4.80. The van der Waals surface area contributed by atoms with Crippen LogP contribution in [0.3, 0.4) is 0 Å². The zero-order chi connectivity index (χ0) is 23.3. The van der Waals surface area contributed by atoms with Crippen LogP contribution in [0.5, 0.6) is 5.75 Å². The number of benzene rings is 2. The molecule has 0 atom stereocenters. The van der Waals surface area contributed by atoms with Crippen LogP contribution in [-0.2, 0) is 17.9 Å². The fourth-order valence-corrected chi connectivity index (χ4v) is 3.12. The summed E-state index contributed by atoms with van der Waals surface area (Å²) in [5, 5.41) is 7.02. The largest absolute Gasteiger partial charge is 0.489 e. The second-order valence-corrected chi connectivity index (χ2v) is 7.91. The number of anilines is 1. The Hall–Kier alpha value is -3.61. The molecule has 0 spiro atoms. The Morgan fingerprint density at radius 3 is 2.62 bits per heavy atom. The Balaban J connectivity index is 1.74. The Kier molecular flexibility index (Phi) is 7.30. The van der Waals surface area contributed by atoms with Gasteiger partial charge in [-0.15, -0.1) is 0 Å². The van der Waals surface area contributed by atoms with Crippen molar-refractivity contribution in [1.82, 2.24) is 9.78 Å². The quantitative estimate of drug-likeness (QED) is 0.508. The van der Waals surface area contributed by atoms with E-state index < -0.39 is 5.97 Å². The van der Waals surface area contributed by atoms with Gasteiger partial charge in [0, 0.05) is 18.3 Å². The molecule has 0 unspecified atom stereocenters. The molecule has 7 heteroatoms. The minimum Gasteiger partial charge on any atom is -0.489 e. The maximum Gasteiger partial charge on any atom is 0.361 e. The average Bonchev–Trinajstić information content (AvgIpc) is 3.17. The van der Waals surface area contributed by atoms with Crippen molar-refractivity contribution < 1.29 is 19.1 Å². The Morgan fingerprint density at radius 2 is 1.91 bits per heavy atom. The molecule has 3 aromatic rings. The van der Waals surface area contributed by atoms with Crippen LogP contribution in [0.1, 0.15) is 58.3 Å². The summed E-state index contributed by atoms with van der Waals surface area (Å²) in [5.41, 5.74) is 3.90. The van der Waals surface area contributed by atoms with Gasteiger partial charge in [0.1, 0.15) is 12.4 Å². The third-order valence-electron chi connectivity index (χ3n) is 4.80. The van der Waals surface area contributed by atoms with Gasteiger partial charge in [-0.1, -0.05) is 24.3 Å². The van der Waals surface area contributed by atoms with Gasteiger partial charge >= 0.3 is 5.97 Å². The normalized spacial score (nSPS) is 10.8. The van der Waals surface area contributed by atoms with Crippen LogP contribution in [0.4, 0.5) is 5.69 Å². The topological polar surface area (TPSA) is 82.5 Å². The van der Waals surface area contributed by atoms with Gasteiger partial charge in [-0.05, 0) is 69.5 Å². The smallest absolute Gasteiger partial charge is 0.361 e. The lowest BCUT2D eigenvalue weighted by atomic mass is 10.1. The highest BCUT2D eigenvalue weighted by atomic mass is 16.5. The molecule has 168 valence electrons. The number of amides is 1. The second-order valence-electron chi connectivity index (χ2n) is 7.91. The summed E-state index contributed by atoms with van der Waals surface area (Å²) in [7, 11) is 0. The molecule has 0 radical (unpaired) electrons. The SMILES string of the molecule is CCn1cc(NC(=O)c2cccc(COc3cc(C)ccc3C)c2)c(C(=O)OC(C)C)n1. The number of carbonyl (C=O) groups is 2. The molecule has 0 bridgehead atoms. The monoisotopic (exact) mass is 435 g/mol. The van der Waals surface area contributed by atoms with Crippen molar-refractivity contribution in [2.75, 3.05) is 5.32 Å². The predicted octanol–water partition coefficient (Wildman–Crippen LogP) is 4.92. The third kappa shape index (κ3) is 5.75. The molecule has 1 amide bonds. The lowest BCUT2D eigenvalue weighted by Gasteiger charge is -2.11. The molecule has 1 aromatic heterocycles. The van der Waals surface area contributed by atoms with Gasteiger partial charge < -0.3 is 14.8 Å². The molecule has 1 N–H and O–H groups in total. The van der Waals surface area contributed by atoms with E-state index in [-0.39, 0.29) is 17.7 Å². The van der Waals surface area contributed by atoms with E-state index in [9.17, 15) is 9.59 Å². The number of esters is 1. The zero-order valence-electron chi connectivity index (χ0n) is 19.1. The van der Waals surface area contributed by atoms with Gasteiger partial charge in [0.25, 0.3) is 5.91 Å². The Bertz CT molecular complexity index is 1120. The van der Waals surface area contributed by atoms with Gasteiger partial charge in [0.2, 0.25) is 0 Å². The van der Waals surface area contributed by atoms with E-state index in [0.717, 1.165) is 22.4 Å². The molecule has 32 heavy (non-hydrogen) atoms. The first-order valence-corrected chi connectivity index (χ1v) is 10.7. The number of hydrogen-bond donors (Lipinski definition) is 1. The lowest BCUT2D eigenvalue weighted by molar-refractivity contribution is 0.0371. The fourth-order valence-electron chi connectivity index (χ4n) is 3.12. The number of aromatic nitrogens is 2. The van der Waals surface area contributed by atoms with Gasteiger partial charge in [0.15, 0.2) is 5.69 Å². The maximum atomic E-state index is 12.9. The van der Waals surface area contributed by atoms with Crippen molar-refractivity contribution in [3.05, 3.63) is 76.6 Å². The van der Waals surface area contributed by atoms with Crippen LogP contribution in [0.2, 0.25) is 0 Å². The molecule has 0 saturated carbocycles. The van der Waals surface area contributed by atoms with Crippen LogP contribution in [0, 0.1) is 13.8 Å². The van der Waals surface area contributed by atoms with Crippen molar-refractivity contribution in [2.45, 2.75) is 53.9 Å². The summed E-state index contributed by atoms with van der Waals surface area (Å²) in [6.45, 7) is 10.3.